The molecular weight excluding hydrogens is 695 g/mol. The van der Waals surface area contributed by atoms with E-state index in [1.807, 2.05) is 0 Å². The summed E-state index contributed by atoms with van der Waals surface area (Å²) in [5.74, 6) is -3.03. The molecule has 0 fully saturated rings. The molecule has 1 aromatic heterocycles. The smallest absolute Gasteiger partial charge is 0.416 e. The molecule has 1 aliphatic rings. The van der Waals surface area contributed by atoms with Crippen LogP contribution in [0, 0.1) is 0 Å². The number of aliphatic hydroxyl groups is 1. The van der Waals surface area contributed by atoms with Gasteiger partial charge in [0.05, 0.1) is 47.3 Å². The average Bonchev–Trinajstić information content (AvgIpc) is 3.02. The van der Waals surface area contributed by atoms with Crippen molar-refractivity contribution in [3.63, 3.8) is 0 Å². The maximum atomic E-state index is 13.9. The number of aliphatic carboxylic acids is 1. The molecule has 272 valence electrons. The molecule has 0 unspecified atom stereocenters. The molecule has 1 aliphatic heterocycles. The number of carboxylic acids is 1. The lowest BCUT2D eigenvalue weighted by molar-refractivity contribution is -0.143. The van der Waals surface area contributed by atoms with E-state index < -0.39 is 90.5 Å². The Morgan fingerprint density at radius 3 is 2.12 bits per heavy atom. The van der Waals surface area contributed by atoms with E-state index in [-0.39, 0.29) is 54.0 Å². The molecule has 0 radical (unpaired) electrons. The van der Waals surface area contributed by atoms with Crippen molar-refractivity contribution in [1.29, 1.82) is 0 Å². The molecule has 19 heteroatoms. The van der Waals surface area contributed by atoms with Gasteiger partial charge in [0, 0.05) is 12.3 Å². The monoisotopic (exact) mass is 724 g/mol. The van der Waals surface area contributed by atoms with Crippen LogP contribution in [0.3, 0.4) is 0 Å². The third kappa shape index (κ3) is 8.55. The summed E-state index contributed by atoms with van der Waals surface area (Å²) in [6.45, 7) is 0.0304. The maximum Gasteiger partial charge on any atom is 0.416 e. The second-order valence-electron chi connectivity index (χ2n) is 11.3. The molecule has 4 rings (SSSR count). The molecule has 0 bridgehead atoms. The highest BCUT2D eigenvalue weighted by Crippen LogP contribution is 2.47. The summed E-state index contributed by atoms with van der Waals surface area (Å²) in [5.41, 5.74) is -0.507. The number of rotatable bonds is 10. The number of alkyl halides is 9. The average molecular weight is 725 g/mol. The first-order valence-electron chi connectivity index (χ1n) is 14.7. The van der Waals surface area contributed by atoms with Gasteiger partial charge >= 0.3 is 30.6 Å². The second kappa shape index (κ2) is 14.3. The van der Waals surface area contributed by atoms with Crippen LogP contribution in [0.2, 0.25) is 0 Å². The largest absolute Gasteiger partial charge is 0.488 e. The minimum absolute atomic E-state index is 0.0347. The highest BCUT2D eigenvalue weighted by Gasteiger charge is 2.47. The zero-order chi connectivity index (χ0) is 37.2. The van der Waals surface area contributed by atoms with Gasteiger partial charge in [-0.05, 0) is 60.4 Å². The third-order valence-electron chi connectivity index (χ3n) is 7.84. The van der Waals surface area contributed by atoms with Gasteiger partial charge in [0.15, 0.2) is 5.75 Å². The zero-order valence-electron chi connectivity index (χ0n) is 25.9. The van der Waals surface area contributed by atoms with Crippen LogP contribution in [-0.2, 0) is 34.5 Å². The lowest BCUT2D eigenvalue weighted by atomic mass is 9.80. The number of carboxylic acid groups (broad SMARTS) is 1. The second-order valence-corrected chi connectivity index (χ2v) is 11.3. The fraction of sp³-hybridized carbons (Fsp3) is 0.419. The molecule has 0 spiro atoms. The summed E-state index contributed by atoms with van der Waals surface area (Å²) in [6.07, 6.45) is -17.0. The number of anilines is 1. The molecule has 50 heavy (non-hydrogen) atoms. The molecule has 3 aromatic rings. The van der Waals surface area contributed by atoms with Gasteiger partial charge in [0.25, 0.3) is 0 Å². The first kappa shape index (κ1) is 38.2. The number of aromatic nitrogens is 2. The van der Waals surface area contributed by atoms with E-state index in [9.17, 15) is 54.2 Å². The number of carbonyl (C=O) groups is 2. The fourth-order valence-electron chi connectivity index (χ4n) is 5.42. The molecule has 0 aliphatic carbocycles. The van der Waals surface area contributed by atoms with Crippen molar-refractivity contribution in [3.8, 4) is 5.75 Å². The summed E-state index contributed by atoms with van der Waals surface area (Å²) in [6, 6.07) is 3.26. The lowest BCUT2D eigenvalue weighted by Crippen LogP contribution is -2.61. The summed E-state index contributed by atoms with van der Waals surface area (Å²) in [5, 5.41) is 18.2. The Balaban J connectivity index is 1.89. The number of nitrogens with two attached hydrogens (primary N) is 1. The number of fused-ring (bicyclic) bond motifs is 1. The Kier molecular flexibility index (Phi) is 10.9. The Bertz CT molecular complexity index is 1700. The van der Waals surface area contributed by atoms with E-state index in [0.29, 0.717) is 24.3 Å². The summed E-state index contributed by atoms with van der Waals surface area (Å²) >= 11 is 0. The molecule has 4 N–H and O–H groups in total. The number of halogens is 9. The first-order chi connectivity index (χ1) is 23.2. The van der Waals surface area contributed by atoms with E-state index in [1.165, 1.54) is 0 Å². The first-order valence-corrected chi connectivity index (χ1v) is 14.7. The van der Waals surface area contributed by atoms with E-state index >= 15 is 0 Å². The fourth-order valence-corrected chi connectivity index (χ4v) is 5.42. The normalized spacial score (nSPS) is 18.1. The van der Waals surface area contributed by atoms with Crippen molar-refractivity contribution < 1.29 is 68.8 Å². The summed E-state index contributed by atoms with van der Waals surface area (Å²) in [4.78, 5) is 33.6. The highest BCUT2D eigenvalue weighted by atomic mass is 19.4. The van der Waals surface area contributed by atoms with Gasteiger partial charge in [0.2, 0.25) is 0 Å². The maximum absolute atomic E-state index is 13.9. The number of hydrogen-bond acceptors (Lipinski definition) is 8. The van der Waals surface area contributed by atoms with Gasteiger partial charge in [-0.25, -0.2) is 14.8 Å². The number of benzene rings is 2. The SMILES string of the molecule is CC[C@]1(N)C[C@H](c2ncc(OCCO)c(Cc3cc(C(F)(F)F)cc(C(F)(F)F)c3)n2)c2cc(C(F)(F)F)ccc2N1C(=O)OCCC(=O)O. The van der Waals surface area contributed by atoms with E-state index in [1.54, 1.807) is 6.92 Å². The Morgan fingerprint density at radius 1 is 0.960 bits per heavy atom. The molecule has 0 saturated carbocycles. The lowest BCUT2D eigenvalue weighted by Gasteiger charge is -2.46. The van der Waals surface area contributed by atoms with Crippen LogP contribution in [0.4, 0.5) is 50.0 Å². The predicted octanol–water partition coefficient (Wildman–Crippen LogP) is 6.51. The van der Waals surface area contributed by atoms with Crippen LogP contribution < -0.4 is 15.4 Å². The molecular formula is C31H29F9N4O6. The van der Waals surface area contributed by atoms with Crippen LogP contribution in [0.1, 0.15) is 71.4 Å². The van der Waals surface area contributed by atoms with Crippen molar-refractivity contribution in [3.05, 3.63) is 81.9 Å². The predicted molar refractivity (Wildman–Crippen MR) is 155 cm³/mol. The minimum atomic E-state index is -5.16. The van der Waals surface area contributed by atoms with Crippen LogP contribution in [-0.4, -0.2) is 57.7 Å². The van der Waals surface area contributed by atoms with Crippen molar-refractivity contribution in [2.75, 3.05) is 24.7 Å². The van der Waals surface area contributed by atoms with E-state index in [4.69, 9.17) is 20.3 Å². The number of nitrogens with zero attached hydrogens (tertiary/aromatic N) is 3. The number of ether oxygens (including phenoxy) is 2. The van der Waals surface area contributed by atoms with Gasteiger partial charge in [-0.1, -0.05) is 6.92 Å². The van der Waals surface area contributed by atoms with Crippen molar-refractivity contribution >= 4 is 17.7 Å². The number of hydrogen-bond donors (Lipinski definition) is 3. The van der Waals surface area contributed by atoms with Crippen LogP contribution >= 0.6 is 0 Å². The molecule has 1 amide bonds. The Labute approximate surface area is 277 Å². The molecule has 2 heterocycles. The van der Waals surface area contributed by atoms with Crippen molar-refractivity contribution in [2.45, 2.75) is 62.7 Å². The van der Waals surface area contributed by atoms with Gasteiger partial charge < -0.3 is 25.4 Å². The van der Waals surface area contributed by atoms with E-state index in [0.717, 1.165) is 17.2 Å². The summed E-state index contributed by atoms with van der Waals surface area (Å²) < 4.78 is 134. The van der Waals surface area contributed by atoms with Crippen molar-refractivity contribution in [2.24, 2.45) is 5.73 Å². The highest BCUT2D eigenvalue weighted by molar-refractivity contribution is 5.91. The van der Waals surface area contributed by atoms with Crippen LogP contribution in [0.25, 0.3) is 0 Å². The third-order valence-corrected chi connectivity index (χ3v) is 7.84. The van der Waals surface area contributed by atoms with Gasteiger partial charge in [-0.15, -0.1) is 0 Å². The number of aliphatic hydroxyl groups excluding tert-OH is 1. The Hall–Kier alpha value is -4.65. The standard InChI is InChI=1S/C31H29F9N4O6/c1-2-28(41)14-21(20-13-17(29(32,33)34)3-4-23(20)44(28)27(48)50-7-5-25(46)47)26-42-15-24(49-8-6-45)22(43-26)11-16-9-18(30(35,36)37)12-19(10-16)31(38,39)40/h3-4,9-10,12-13,15,21,45H,2,5-8,11,14,41H2,1H3,(H,46,47)/t21-,28+/m0/s1. The minimum Gasteiger partial charge on any atom is -0.488 e. The molecule has 2 atom stereocenters. The number of amides is 1. The van der Waals surface area contributed by atoms with Crippen LogP contribution in [0.15, 0.2) is 42.6 Å². The topological polar surface area (TPSA) is 148 Å². The van der Waals surface area contributed by atoms with E-state index in [2.05, 4.69) is 9.97 Å². The quantitative estimate of drug-likeness (QED) is 0.199. The molecule has 10 nitrogen and oxygen atoms in total. The van der Waals surface area contributed by atoms with Gasteiger partial charge in [-0.3, -0.25) is 9.69 Å². The summed E-state index contributed by atoms with van der Waals surface area (Å²) in [7, 11) is 0. The van der Waals surface area contributed by atoms with Crippen molar-refractivity contribution in [1.82, 2.24) is 9.97 Å². The zero-order valence-corrected chi connectivity index (χ0v) is 25.9. The number of carbonyl (C=O) groups excluding carboxylic acids is 1. The van der Waals surface area contributed by atoms with Crippen LogP contribution in [0.5, 0.6) is 5.75 Å². The van der Waals surface area contributed by atoms with Gasteiger partial charge in [-0.2, -0.15) is 39.5 Å². The molecule has 0 saturated heterocycles. The van der Waals surface area contributed by atoms with Gasteiger partial charge in [0.1, 0.15) is 24.7 Å². The Morgan fingerprint density at radius 2 is 1.58 bits per heavy atom. The molecule has 2 aromatic carbocycles.